The largest absolute Gasteiger partial charge is 0.394 e. The summed E-state index contributed by atoms with van der Waals surface area (Å²) < 4.78 is 0. The molecule has 4 nitrogen and oxygen atoms in total. The molecule has 1 saturated carbocycles. The first-order valence-corrected chi connectivity index (χ1v) is 6.52. The summed E-state index contributed by atoms with van der Waals surface area (Å²) in [6, 6.07) is 0. The minimum atomic E-state index is -0.451. The maximum absolute atomic E-state index is 12.2. The lowest BCUT2D eigenvalue weighted by atomic mass is 9.77. The Bertz CT molecular complexity index is 258. The van der Waals surface area contributed by atoms with Gasteiger partial charge in [-0.3, -0.25) is 4.79 Å². The highest BCUT2D eigenvalue weighted by molar-refractivity contribution is 5.78. The van der Waals surface area contributed by atoms with E-state index < -0.39 is 5.54 Å². The van der Waals surface area contributed by atoms with Crippen molar-refractivity contribution in [1.29, 1.82) is 0 Å². The fraction of sp³-hybridized carbons (Fsp3) is 0.923. The number of hydrogen-bond donors (Lipinski definition) is 2. The molecule has 1 aliphatic carbocycles. The Labute approximate surface area is 104 Å². The quantitative estimate of drug-likeness (QED) is 0.772. The van der Waals surface area contributed by atoms with Gasteiger partial charge in [0.2, 0.25) is 5.91 Å². The van der Waals surface area contributed by atoms with Crippen LogP contribution in [0.25, 0.3) is 0 Å². The van der Waals surface area contributed by atoms with E-state index in [4.69, 9.17) is 5.73 Å². The Morgan fingerprint density at radius 2 is 2.00 bits per heavy atom. The van der Waals surface area contributed by atoms with Crippen LogP contribution in [0.3, 0.4) is 0 Å². The smallest absolute Gasteiger partial charge is 0.225 e. The van der Waals surface area contributed by atoms with Crippen LogP contribution < -0.4 is 5.73 Å². The minimum absolute atomic E-state index is 0.0236. The molecule has 0 aromatic rings. The summed E-state index contributed by atoms with van der Waals surface area (Å²) in [7, 11) is 1.87. The predicted molar refractivity (Wildman–Crippen MR) is 68.4 cm³/mol. The fourth-order valence-electron chi connectivity index (χ4n) is 2.55. The Hall–Kier alpha value is -0.610. The van der Waals surface area contributed by atoms with Gasteiger partial charge in [-0.1, -0.05) is 13.8 Å². The van der Waals surface area contributed by atoms with Crippen LogP contribution in [-0.2, 0) is 4.79 Å². The number of nitrogens with zero attached hydrogens (tertiary/aromatic N) is 1. The topological polar surface area (TPSA) is 66.6 Å². The normalized spacial score (nSPS) is 29.4. The van der Waals surface area contributed by atoms with Crippen molar-refractivity contribution in [1.82, 2.24) is 4.90 Å². The zero-order chi connectivity index (χ0) is 13.1. The van der Waals surface area contributed by atoms with Crippen molar-refractivity contribution < 1.29 is 9.90 Å². The summed E-state index contributed by atoms with van der Waals surface area (Å²) in [5.74, 6) is 0.833. The number of nitrogens with two attached hydrogens (primary N) is 1. The number of carbonyl (C=O) groups excluding carboxylic acids is 1. The second-order valence-electron chi connectivity index (χ2n) is 5.91. The second kappa shape index (κ2) is 5.83. The molecule has 0 radical (unpaired) electrons. The van der Waals surface area contributed by atoms with Crippen LogP contribution in [-0.4, -0.2) is 41.7 Å². The van der Waals surface area contributed by atoms with Crippen molar-refractivity contribution in [2.75, 3.05) is 20.2 Å². The lowest BCUT2D eigenvalue weighted by Crippen LogP contribution is -2.48. The first-order valence-electron chi connectivity index (χ1n) is 6.52. The van der Waals surface area contributed by atoms with Gasteiger partial charge in [-0.2, -0.15) is 0 Å². The van der Waals surface area contributed by atoms with Crippen LogP contribution in [0, 0.1) is 11.8 Å². The zero-order valence-corrected chi connectivity index (χ0v) is 11.3. The van der Waals surface area contributed by atoms with E-state index in [1.54, 1.807) is 0 Å². The maximum atomic E-state index is 12.2. The highest BCUT2D eigenvalue weighted by Crippen LogP contribution is 2.31. The van der Waals surface area contributed by atoms with Gasteiger partial charge in [0.25, 0.3) is 0 Å². The number of hydrogen-bond acceptors (Lipinski definition) is 3. The third kappa shape index (κ3) is 3.96. The SMILES string of the molecule is CC(C)CN(C)C(=O)C1CCC(N)(CO)CC1. The lowest BCUT2D eigenvalue weighted by Gasteiger charge is -2.36. The van der Waals surface area contributed by atoms with Gasteiger partial charge in [-0.25, -0.2) is 0 Å². The molecule has 0 heterocycles. The van der Waals surface area contributed by atoms with Crippen LogP contribution in [0.1, 0.15) is 39.5 Å². The zero-order valence-electron chi connectivity index (χ0n) is 11.3. The van der Waals surface area contributed by atoms with Crippen molar-refractivity contribution in [2.45, 2.75) is 45.1 Å². The van der Waals surface area contributed by atoms with Gasteiger partial charge >= 0.3 is 0 Å². The average molecular weight is 242 g/mol. The Morgan fingerprint density at radius 1 is 1.47 bits per heavy atom. The molecule has 0 bridgehead atoms. The Balaban J connectivity index is 2.46. The first kappa shape index (κ1) is 14.5. The maximum Gasteiger partial charge on any atom is 0.225 e. The van der Waals surface area contributed by atoms with Crippen LogP contribution >= 0.6 is 0 Å². The number of carbonyl (C=O) groups is 1. The van der Waals surface area contributed by atoms with Crippen LogP contribution in [0.4, 0.5) is 0 Å². The molecule has 17 heavy (non-hydrogen) atoms. The standard InChI is InChI=1S/C13H26N2O2/c1-10(2)8-15(3)12(17)11-4-6-13(14,9-16)7-5-11/h10-11,16H,4-9,14H2,1-3H3. The molecule has 0 spiro atoms. The molecule has 0 saturated heterocycles. The monoisotopic (exact) mass is 242 g/mol. The summed E-state index contributed by atoms with van der Waals surface area (Å²) in [4.78, 5) is 14.0. The van der Waals surface area contributed by atoms with E-state index in [0.717, 1.165) is 32.2 Å². The minimum Gasteiger partial charge on any atom is -0.394 e. The highest BCUT2D eigenvalue weighted by Gasteiger charge is 2.34. The average Bonchev–Trinajstić information content (AvgIpc) is 2.28. The molecular weight excluding hydrogens is 216 g/mol. The van der Waals surface area contributed by atoms with Gasteiger partial charge in [-0.15, -0.1) is 0 Å². The van der Waals surface area contributed by atoms with Crippen molar-refractivity contribution in [3.63, 3.8) is 0 Å². The number of amides is 1. The van der Waals surface area contributed by atoms with Crippen molar-refractivity contribution in [2.24, 2.45) is 17.6 Å². The van der Waals surface area contributed by atoms with E-state index >= 15 is 0 Å². The summed E-state index contributed by atoms with van der Waals surface area (Å²) in [5, 5.41) is 9.18. The van der Waals surface area contributed by atoms with Crippen molar-refractivity contribution >= 4 is 5.91 Å². The van der Waals surface area contributed by atoms with E-state index in [2.05, 4.69) is 13.8 Å². The lowest BCUT2D eigenvalue weighted by molar-refractivity contribution is -0.136. The molecule has 3 N–H and O–H groups in total. The van der Waals surface area contributed by atoms with E-state index in [9.17, 15) is 9.90 Å². The van der Waals surface area contributed by atoms with E-state index in [1.807, 2.05) is 11.9 Å². The van der Waals surface area contributed by atoms with E-state index in [1.165, 1.54) is 0 Å². The molecule has 4 heteroatoms. The molecule has 100 valence electrons. The highest BCUT2D eigenvalue weighted by atomic mass is 16.3. The third-order valence-corrected chi connectivity index (χ3v) is 3.66. The van der Waals surface area contributed by atoms with E-state index in [0.29, 0.717) is 5.92 Å². The molecule has 0 unspecified atom stereocenters. The molecule has 1 amide bonds. The summed E-state index contributed by atoms with van der Waals surface area (Å²) >= 11 is 0. The predicted octanol–water partition coefficient (Wildman–Crippen LogP) is 0.981. The molecule has 1 rings (SSSR count). The molecule has 1 aliphatic rings. The molecule has 0 atom stereocenters. The number of aliphatic hydroxyl groups is 1. The van der Waals surface area contributed by atoms with Crippen molar-refractivity contribution in [3.05, 3.63) is 0 Å². The second-order valence-corrected chi connectivity index (χ2v) is 5.91. The summed E-state index contributed by atoms with van der Waals surface area (Å²) in [6.07, 6.45) is 3.10. The number of rotatable bonds is 4. The van der Waals surface area contributed by atoms with Crippen LogP contribution in [0.5, 0.6) is 0 Å². The molecule has 0 aromatic heterocycles. The van der Waals surface area contributed by atoms with Gasteiger partial charge < -0.3 is 15.7 Å². The molecule has 1 fully saturated rings. The van der Waals surface area contributed by atoms with Crippen LogP contribution in [0.2, 0.25) is 0 Å². The van der Waals surface area contributed by atoms with Gasteiger partial charge in [0, 0.05) is 25.0 Å². The van der Waals surface area contributed by atoms with Gasteiger partial charge in [0.15, 0.2) is 0 Å². The van der Waals surface area contributed by atoms with Crippen molar-refractivity contribution in [3.8, 4) is 0 Å². The fourth-order valence-corrected chi connectivity index (χ4v) is 2.55. The first-order chi connectivity index (χ1) is 7.88. The molecule has 0 aliphatic heterocycles. The Kier molecular flexibility index (Phi) is 4.95. The summed E-state index contributed by atoms with van der Waals surface area (Å²) in [6.45, 7) is 5.06. The van der Waals surface area contributed by atoms with Gasteiger partial charge in [0.1, 0.15) is 0 Å². The summed E-state index contributed by atoms with van der Waals surface area (Å²) in [5.41, 5.74) is 5.55. The van der Waals surface area contributed by atoms with Gasteiger partial charge in [-0.05, 0) is 31.6 Å². The molecular formula is C13H26N2O2. The number of aliphatic hydroxyl groups excluding tert-OH is 1. The van der Waals surface area contributed by atoms with E-state index in [-0.39, 0.29) is 18.4 Å². The molecule has 0 aromatic carbocycles. The van der Waals surface area contributed by atoms with Crippen LogP contribution in [0.15, 0.2) is 0 Å². The third-order valence-electron chi connectivity index (χ3n) is 3.66. The Morgan fingerprint density at radius 3 is 2.41 bits per heavy atom. The van der Waals surface area contributed by atoms with Gasteiger partial charge in [0.05, 0.1) is 6.61 Å².